The largest absolute Gasteiger partial charge is 0.451 e. The molecule has 0 unspecified atom stereocenters. The second-order valence-electron chi connectivity index (χ2n) is 4.44. The molecule has 0 N–H and O–H groups in total. The number of hydrogen-bond acceptors (Lipinski definition) is 2. The number of rotatable bonds is 0. The fourth-order valence-electron chi connectivity index (χ4n) is 2.56. The number of carbonyl (C=O) groups excluding carboxylic acids is 1. The Morgan fingerprint density at radius 1 is 1.62 bits per heavy atom. The summed E-state index contributed by atoms with van der Waals surface area (Å²) in [5.41, 5.74) is 0.915. The van der Waals surface area contributed by atoms with Crippen LogP contribution >= 0.6 is 0 Å². The second kappa shape index (κ2) is 2.86. The molecule has 1 aliphatic carbocycles. The van der Waals surface area contributed by atoms with E-state index in [1.54, 1.807) is 6.08 Å². The molecule has 72 valence electrons. The zero-order chi connectivity index (χ0) is 9.47. The average Bonchev–Trinajstić information content (AvgIpc) is 2.26. The van der Waals surface area contributed by atoms with Crippen molar-refractivity contribution in [2.45, 2.75) is 45.1 Å². The summed E-state index contributed by atoms with van der Waals surface area (Å²) in [7, 11) is 0. The smallest absolute Gasteiger partial charge is 0.331 e. The van der Waals surface area contributed by atoms with Gasteiger partial charge in [0.25, 0.3) is 0 Å². The van der Waals surface area contributed by atoms with Crippen LogP contribution in [0.1, 0.15) is 39.5 Å². The third kappa shape index (κ3) is 1.38. The minimum Gasteiger partial charge on any atom is -0.451 e. The summed E-state index contributed by atoms with van der Waals surface area (Å²) in [5.74, 6) is 0.537. The van der Waals surface area contributed by atoms with Crippen LogP contribution in [0.5, 0.6) is 0 Å². The van der Waals surface area contributed by atoms with Crippen molar-refractivity contribution in [3.05, 3.63) is 11.6 Å². The van der Waals surface area contributed by atoms with Crippen molar-refractivity contribution in [3.8, 4) is 0 Å². The van der Waals surface area contributed by atoms with Gasteiger partial charge >= 0.3 is 5.97 Å². The van der Waals surface area contributed by atoms with Crippen molar-refractivity contribution in [2.24, 2.45) is 5.92 Å². The van der Waals surface area contributed by atoms with E-state index in [-0.39, 0.29) is 11.6 Å². The van der Waals surface area contributed by atoms with Crippen LogP contribution < -0.4 is 0 Å². The van der Waals surface area contributed by atoms with Gasteiger partial charge in [-0.05, 0) is 37.7 Å². The Morgan fingerprint density at radius 2 is 2.38 bits per heavy atom. The maximum absolute atomic E-state index is 11.1. The highest BCUT2D eigenvalue weighted by Crippen LogP contribution is 2.42. The monoisotopic (exact) mass is 180 g/mol. The zero-order valence-corrected chi connectivity index (χ0v) is 8.30. The molecule has 2 atom stereocenters. The molecule has 0 aromatic rings. The predicted molar refractivity (Wildman–Crippen MR) is 50.2 cm³/mol. The number of ether oxygens (including phenoxy) is 1. The van der Waals surface area contributed by atoms with Crippen molar-refractivity contribution >= 4 is 5.97 Å². The molecule has 2 rings (SSSR count). The zero-order valence-electron chi connectivity index (χ0n) is 8.30. The first-order valence-corrected chi connectivity index (χ1v) is 5.04. The van der Waals surface area contributed by atoms with Gasteiger partial charge in [0.1, 0.15) is 5.60 Å². The van der Waals surface area contributed by atoms with E-state index in [1.807, 2.05) is 6.92 Å². The lowest BCUT2D eigenvalue weighted by Crippen LogP contribution is -2.36. The predicted octanol–water partition coefficient (Wildman–Crippen LogP) is 2.44. The summed E-state index contributed by atoms with van der Waals surface area (Å²) in [6, 6.07) is 0. The van der Waals surface area contributed by atoms with E-state index in [0.29, 0.717) is 5.92 Å². The average molecular weight is 180 g/mol. The first kappa shape index (κ1) is 8.79. The summed E-state index contributed by atoms with van der Waals surface area (Å²) < 4.78 is 5.44. The third-order valence-corrected chi connectivity index (χ3v) is 3.30. The van der Waals surface area contributed by atoms with E-state index >= 15 is 0 Å². The van der Waals surface area contributed by atoms with E-state index in [0.717, 1.165) is 18.4 Å². The second-order valence-corrected chi connectivity index (χ2v) is 4.44. The summed E-state index contributed by atoms with van der Waals surface area (Å²) in [5, 5.41) is 0. The fraction of sp³-hybridized carbons (Fsp3) is 0.727. The highest BCUT2D eigenvalue weighted by Gasteiger charge is 2.43. The standard InChI is InChI=1S/C11H16O2/c1-8-4-3-5-11(7-8)9(2)6-10(12)13-11/h6,8H,3-5,7H2,1-2H3/t8-,11-/m0/s1. The number of esters is 1. The van der Waals surface area contributed by atoms with Gasteiger partial charge in [0.05, 0.1) is 0 Å². The molecule has 0 bridgehead atoms. The van der Waals surface area contributed by atoms with Crippen molar-refractivity contribution < 1.29 is 9.53 Å². The third-order valence-electron chi connectivity index (χ3n) is 3.30. The van der Waals surface area contributed by atoms with Gasteiger partial charge in [0.15, 0.2) is 0 Å². The van der Waals surface area contributed by atoms with Crippen molar-refractivity contribution in [1.82, 2.24) is 0 Å². The summed E-state index contributed by atoms with van der Waals surface area (Å²) >= 11 is 0. The van der Waals surface area contributed by atoms with Crippen LogP contribution in [-0.4, -0.2) is 11.6 Å². The molecule has 0 aromatic heterocycles. The first-order valence-electron chi connectivity index (χ1n) is 5.04. The number of carbonyl (C=O) groups is 1. The normalized spacial score (nSPS) is 39.1. The quantitative estimate of drug-likeness (QED) is 0.535. The van der Waals surface area contributed by atoms with Crippen LogP contribution in [-0.2, 0) is 9.53 Å². The van der Waals surface area contributed by atoms with Crippen LogP contribution in [0.3, 0.4) is 0 Å². The van der Waals surface area contributed by atoms with Crippen LogP contribution in [0.2, 0.25) is 0 Å². The van der Waals surface area contributed by atoms with Crippen molar-refractivity contribution in [3.63, 3.8) is 0 Å². The van der Waals surface area contributed by atoms with Gasteiger partial charge in [0, 0.05) is 6.08 Å². The number of hydrogen-bond donors (Lipinski definition) is 0. The van der Waals surface area contributed by atoms with Crippen LogP contribution in [0.4, 0.5) is 0 Å². The molecule has 1 saturated carbocycles. The van der Waals surface area contributed by atoms with E-state index < -0.39 is 0 Å². The minimum atomic E-state index is -0.214. The Kier molecular flexibility index (Phi) is 1.94. The van der Waals surface area contributed by atoms with E-state index in [1.165, 1.54) is 12.8 Å². The Balaban J connectivity index is 2.21. The lowest BCUT2D eigenvalue weighted by atomic mass is 9.76. The molecule has 1 aliphatic heterocycles. The molecule has 0 saturated heterocycles. The summed E-state index contributed by atoms with van der Waals surface area (Å²) in [6.07, 6.45) is 6.14. The van der Waals surface area contributed by atoms with Gasteiger partial charge in [0.2, 0.25) is 0 Å². The van der Waals surface area contributed by atoms with Gasteiger partial charge in [-0.25, -0.2) is 4.79 Å². The fourth-order valence-corrected chi connectivity index (χ4v) is 2.56. The highest BCUT2D eigenvalue weighted by molar-refractivity contribution is 5.86. The minimum absolute atomic E-state index is 0.147. The molecule has 1 spiro atoms. The highest BCUT2D eigenvalue weighted by atomic mass is 16.6. The van der Waals surface area contributed by atoms with Gasteiger partial charge in [-0.15, -0.1) is 0 Å². The summed E-state index contributed by atoms with van der Waals surface area (Å²) in [4.78, 5) is 11.1. The SMILES string of the molecule is CC1=CC(=O)O[C@]12CCC[C@H](C)C2. The van der Waals surface area contributed by atoms with Crippen LogP contribution in [0, 0.1) is 5.92 Å². The Morgan fingerprint density at radius 3 is 2.92 bits per heavy atom. The van der Waals surface area contributed by atoms with E-state index in [4.69, 9.17) is 4.74 Å². The van der Waals surface area contributed by atoms with Gasteiger partial charge < -0.3 is 4.74 Å². The molecular weight excluding hydrogens is 164 g/mol. The van der Waals surface area contributed by atoms with Gasteiger partial charge in [-0.2, -0.15) is 0 Å². The summed E-state index contributed by atoms with van der Waals surface area (Å²) in [6.45, 7) is 4.25. The molecule has 0 aromatic carbocycles. The maximum atomic E-state index is 11.1. The molecule has 0 radical (unpaired) electrons. The molecular formula is C11H16O2. The van der Waals surface area contributed by atoms with Crippen LogP contribution in [0.25, 0.3) is 0 Å². The van der Waals surface area contributed by atoms with E-state index in [2.05, 4.69) is 6.92 Å². The molecule has 0 amide bonds. The Bertz CT molecular complexity index is 267. The van der Waals surface area contributed by atoms with E-state index in [9.17, 15) is 4.79 Å². The molecule has 2 heteroatoms. The maximum Gasteiger partial charge on any atom is 0.331 e. The van der Waals surface area contributed by atoms with Crippen LogP contribution in [0.15, 0.2) is 11.6 Å². The topological polar surface area (TPSA) is 26.3 Å². The lowest BCUT2D eigenvalue weighted by Gasteiger charge is -2.36. The lowest BCUT2D eigenvalue weighted by molar-refractivity contribution is -0.149. The Labute approximate surface area is 79.0 Å². The van der Waals surface area contributed by atoms with Crippen molar-refractivity contribution in [2.75, 3.05) is 0 Å². The molecule has 1 fully saturated rings. The molecule has 2 nitrogen and oxygen atoms in total. The Hall–Kier alpha value is -0.790. The van der Waals surface area contributed by atoms with Crippen molar-refractivity contribution in [1.29, 1.82) is 0 Å². The first-order chi connectivity index (χ1) is 6.12. The molecule has 1 heterocycles. The molecule has 13 heavy (non-hydrogen) atoms. The molecule has 2 aliphatic rings. The van der Waals surface area contributed by atoms with Gasteiger partial charge in [-0.3, -0.25) is 0 Å². The van der Waals surface area contributed by atoms with Gasteiger partial charge in [-0.1, -0.05) is 13.3 Å².